The molecule has 3 N–H and O–H groups in total. The third-order valence-corrected chi connectivity index (χ3v) is 6.19. The highest BCUT2D eigenvalue weighted by Crippen LogP contribution is 2.29. The Morgan fingerprint density at radius 1 is 0.974 bits per heavy atom. The average molecular weight is 540 g/mol. The molecule has 0 aliphatic rings. The fourth-order valence-electron chi connectivity index (χ4n) is 4.24. The van der Waals surface area contributed by atoms with E-state index in [1.165, 1.54) is 12.1 Å². The van der Waals surface area contributed by atoms with Gasteiger partial charge >= 0.3 is 6.09 Å². The summed E-state index contributed by atoms with van der Waals surface area (Å²) in [4.78, 5) is 42.8. The normalized spacial score (nSPS) is 14.1. The molecule has 3 amide bonds. The van der Waals surface area contributed by atoms with Crippen LogP contribution in [0.2, 0.25) is 0 Å². The van der Waals surface area contributed by atoms with Gasteiger partial charge in [0.25, 0.3) is 0 Å². The first-order valence-electron chi connectivity index (χ1n) is 13.5. The number of aryl methyl sites for hydroxylation is 1. The minimum atomic E-state index is -1.02. The monoisotopic (exact) mass is 539 g/mol. The van der Waals surface area contributed by atoms with E-state index in [2.05, 4.69) is 10.6 Å². The number of carbonyl (C=O) groups is 3. The second-order valence-electron chi connectivity index (χ2n) is 12.1. The summed E-state index contributed by atoms with van der Waals surface area (Å²) >= 11 is 0. The number of nitrogens with one attached hydrogen (secondary N) is 2. The first-order valence-corrected chi connectivity index (χ1v) is 13.5. The van der Waals surface area contributed by atoms with E-state index in [1.807, 2.05) is 65.8 Å². The molecule has 39 heavy (non-hydrogen) atoms. The summed E-state index contributed by atoms with van der Waals surface area (Å²) in [7, 11) is 0. The van der Waals surface area contributed by atoms with Gasteiger partial charge in [0.1, 0.15) is 23.4 Å². The second kappa shape index (κ2) is 13.0. The molecule has 0 radical (unpaired) electrons. The van der Waals surface area contributed by atoms with Gasteiger partial charge in [0.15, 0.2) is 0 Å². The zero-order chi connectivity index (χ0) is 29.5. The highest BCUT2D eigenvalue weighted by Gasteiger charge is 2.39. The van der Waals surface area contributed by atoms with Crippen molar-refractivity contribution in [1.29, 1.82) is 0 Å². The molecular formula is C31H45N3O5. The quantitative estimate of drug-likeness (QED) is 0.394. The van der Waals surface area contributed by atoms with Crippen LogP contribution in [0.1, 0.15) is 84.5 Å². The van der Waals surface area contributed by atoms with E-state index in [1.54, 1.807) is 37.8 Å². The minimum Gasteiger partial charge on any atom is -0.508 e. The van der Waals surface area contributed by atoms with Crippen LogP contribution >= 0.6 is 0 Å². The molecule has 0 heterocycles. The van der Waals surface area contributed by atoms with Crippen LogP contribution < -0.4 is 10.6 Å². The van der Waals surface area contributed by atoms with Gasteiger partial charge in [-0.2, -0.15) is 0 Å². The van der Waals surface area contributed by atoms with E-state index in [9.17, 15) is 19.5 Å². The lowest BCUT2D eigenvalue weighted by Crippen LogP contribution is -2.57. The van der Waals surface area contributed by atoms with Crippen LogP contribution in [0.3, 0.4) is 0 Å². The summed E-state index contributed by atoms with van der Waals surface area (Å²) in [5.41, 5.74) is 1.04. The van der Waals surface area contributed by atoms with Gasteiger partial charge in [0, 0.05) is 18.0 Å². The van der Waals surface area contributed by atoms with Crippen LogP contribution in [0.15, 0.2) is 48.5 Å². The lowest BCUT2D eigenvalue weighted by atomic mass is 9.94. The average Bonchev–Trinajstić information content (AvgIpc) is 2.81. The van der Waals surface area contributed by atoms with E-state index in [4.69, 9.17) is 4.74 Å². The van der Waals surface area contributed by atoms with Crippen molar-refractivity contribution >= 4 is 17.9 Å². The first kappa shape index (κ1) is 31.7. The Hall–Kier alpha value is -3.55. The molecule has 0 aliphatic carbocycles. The second-order valence-corrected chi connectivity index (χ2v) is 12.1. The van der Waals surface area contributed by atoms with Gasteiger partial charge < -0.3 is 25.4 Å². The van der Waals surface area contributed by atoms with E-state index in [0.717, 1.165) is 11.1 Å². The van der Waals surface area contributed by atoms with Crippen molar-refractivity contribution in [3.63, 3.8) is 0 Å². The van der Waals surface area contributed by atoms with E-state index in [0.29, 0.717) is 12.0 Å². The molecule has 3 atom stereocenters. The molecule has 0 spiro atoms. The van der Waals surface area contributed by atoms with Crippen LogP contribution in [0.5, 0.6) is 5.75 Å². The maximum atomic E-state index is 14.4. The van der Waals surface area contributed by atoms with Gasteiger partial charge in [-0.25, -0.2) is 4.79 Å². The molecule has 2 aromatic rings. The predicted octanol–water partition coefficient (Wildman–Crippen LogP) is 5.42. The molecule has 2 aromatic carbocycles. The Bertz CT molecular complexity index is 1130. The lowest BCUT2D eigenvalue weighted by Gasteiger charge is -2.39. The van der Waals surface area contributed by atoms with Gasteiger partial charge in [0.05, 0.1) is 0 Å². The highest BCUT2D eigenvalue weighted by atomic mass is 16.6. The zero-order valence-corrected chi connectivity index (χ0v) is 24.8. The summed E-state index contributed by atoms with van der Waals surface area (Å²) in [5, 5.41) is 15.5. The number of alkyl carbamates (subject to hydrolysis) is 1. The summed E-state index contributed by atoms with van der Waals surface area (Å²) in [6, 6.07) is 11.7. The van der Waals surface area contributed by atoms with Crippen LogP contribution in [0.25, 0.3) is 0 Å². The SMILES string of the molecule is CCC(C)N(C(=O)C(Cc1ccc(O)cc1)NC(=O)OC(C)(C)C)C(C(=O)NC(C)(C)C)c1ccccc1C. The molecule has 3 unspecified atom stereocenters. The predicted molar refractivity (Wildman–Crippen MR) is 153 cm³/mol. The fourth-order valence-corrected chi connectivity index (χ4v) is 4.24. The molecule has 0 bridgehead atoms. The van der Waals surface area contributed by atoms with Crippen molar-refractivity contribution in [2.45, 2.75) is 104 Å². The number of nitrogens with zero attached hydrogens (tertiary/aromatic N) is 1. The first-order chi connectivity index (χ1) is 18.0. The molecule has 214 valence electrons. The van der Waals surface area contributed by atoms with Gasteiger partial charge in [-0.3, -0.25) is 9.59 Å². The van der Waals surface area contributed by atoms with Gasteiger partial charge in [0.2, 0.25) is 11.8 Å². The lowest BCUT2D eigenvalue weighted by molar-refractivity contribution is -0.145. The van der Waals surface area contributed by atoms with Crippen molar-refractivity contribution < 1.29 is 24.2 Å². The number of rotatable bonds is 9. The number of ether oxygens (including phenoxy) is 1. The Balaban J connectivity index is 2.63. The Kier molecular flexibility index (Phi) is 10.6. The largest absolute Gasteiger partial charge is 0.508 e. The maximum absolute atomic E-state index is 14.4. The van der Waals surface area contributed by atoms with Crippen LogP contribution in [-0.4, -0.2) is 51.1 Å². The Labute approximate surface area is 233 Å². The van der Waals surface area contributed by atoms with Crippen LogP contribution in [0, 0.1) is 6.92 Å². The number of benzene rings is 2. The molecular weight excluding hydrogens is 494 g/mol. The Morgan fingerprint density at radius 2 is 1.56 bits per heavy atom. The molecule has 0 saturated carbocycles. The molecule has 8 heteroatoms. The standard InChI is InChI=1S/C31H45N3O5/c1-10-21(3)34(26(27(36)33-30(4,5)6)24-14-12-11-13-20(24)2)28(37)25(32-29(38)39-31(7,8)9)19-22-15-17-23(35)18-16-22/h11-18,21,25-26,35H,10,19H2,1-9H3,(H,32,38)(H,33,36). The zero-order valence-electron chi connectivity index (χ0n) is 24.8. The van der Waals surface area contributed by atoms with Crippen LogP contribution in [-0.2, 0) is 20.7 Å². The number of amides is 3. The third-order valence-electron chi connectivity index (χ3n) is 6.19. The van der Waals surface area contributed by atoms with Crippen molar-refractivity contribution in [3.05, 3.63) is 65.2 Å². The van der Waals surface area contributed by atoms with E-state index in [-0.39, 0.29) is 24.1 Å². The molecule has 0 aliphatic heterocycles. The van der Waals surface area contributed by atoms with Crippen molar-refractivity contribution in [2.75, 3.05) is 0 Å². The number of hydrogen-bond donors (Lipinski definition) is 3. The third kappa shape index (κ3) is 9.61. The van der Waals surface area contributed by atoms with Crippen molar-refractivity contribution in [1.82, 2.24) is 15.5 Å². The number of carbonyl (C=O) groups excluding carboxylic acids is 3. The van der Waals surface area contributed by atoms with Gasteiger partial charge in [-0.15, -0.1) is 0 Å². The van der Waals surface area contributed by atoms with E-state index >= 15 is 0 Å². The molecule has 2 rings (SSSR count). The smallest absolute Gasteiger partial charge is 0.408 e. The number of hydrogen-bond acceptors (Lipinski definition) is 5. The fraction of sp³-hybridized carbons (Fsp3) is 0.516. The van der Waals surface area contributed by atoms with Gasteiger partial charge in [-0.05, 0) is 90.6 Å². The van der Waals surface area contributed by atoms with Crippen LogP contribution in [0.4, 0.5) is 4.79 Å². The summed E-state index contributed by atoms with van der Waals surface area (Å²) in [6.45, 7) is 16.7. The number of phenolic OH excluding ortho intramolecular Hbond substituents is 1. The topological polar surface area (TPSA) is 108 Å². The molecule has 0 saturated heterocycles. The molecule has 8 nitrogen and oxygen atoms in total. The highest BCUT2D eigenvalue weighted by molar-refractivity contribution is 5.93. The molecule has 0 fully saturated rings. The van der Waals surface area contributed by atoms with Crippen molar-refractivity contribution in [3.8, 4) is 5.75 Å². The van der Waals surface area contributed by atoms with Gasteiger partial charge in [-0.1, -0.05) is 43.3 Å². The Morgan fingerprint density at radius 3 is 2.08 bits per heavy atom. The number of aromatic hydroxyl groups is 1. The summed E-state index contributed by atoms with van der Waals surface area (Å²) in [6.07, 6.45) is 0.0115. The van der Waals surface area contributed by atoms with E-state index < -0.39 is 35.2 Å². The summed E-state index contributed by atoms with van der Waals surface area (Å²) in [5.74, 6) is -0.604. The number of phenols is 1. The molecule has 0 aromatic heterocycles. The summed E-state index contributed by atoms with van der Waals surface area (Å²) < 4.78 is 5.48. The maximum Gasteiger partial charge on any atom is 0.408 e. The van der Waals surface area contributed by atoms with Crippen molar-refractivity contribution in [2.24, 2.45) is 0 Å². The minimum absolute atomic E-state index is 0.0985.